The Morgan fingerprint density at radius 2 is 1.40 bits per heavy atom. The van der Waals surface area contributed by atoms with Crippen molar-refractivity contribution in [3.63, 3.8) is 0 Å². The van der Waals surface area contributed by atoms with Crippen molar-refractivity contribution in [2.24, 2.45) is 0 Å². The minimum absolute atomic E-state index is 0.0400. The molecule has 224 valence electrons. The molecule has 3 fully saturated rings. The fourth-order valence-electron chi connectivity index (χ4n) is 8.08. The molecule has 8 heteroatoms. The summed E-state index contributed by atoms with van der Waals surface area (Å²) in [6, 6.07) is 14.0. The maximum Gasteiger partial charge on any atom is 0.279 e. The first-order valence-corrected chi connectivity index (χ1v) is 16.2. The lowest BCUT2D eigenvalue weighted by Crippen LogP contribution is -2.57. The molecular weight excluding hydrogens is 528 g/mol. The van der Waals surface area contributed by atoms with Crippen molar-refractivity contribution >= 4 is 16.8 Å². The summed E-state index contributed by atoms with van der Waals surface area (Å²) in [4.78, 5) is 47.0. The monoisotopic (exact) mass is 572 g/mol. The van der Waals surface area contributed by atoms with Gasteiger partial charge in [0.25, 0.3) is 11.1 Å². The van der Waals surface area contributed by atoms with E-state index in [1.165, 1.54) is 87.7 Å². The molecule has 3 aliphatic rings. The van der Waals surface area contributed by atoms with Crippen molar-refractivity contribution in [3.8, 4) is 11.4 Å². The zero-order valence-electron chi connectivity index (χ0n) is 24.6. The van der Waals surface area contributed by atoms with E-state index in [-0.39, 0.29) is 23.8 Å². The molecule has 2 bridgehead atoms. The highest BCUT2D eigenvalue weighted by molar-refractivity contribution is 5.80. The van der Waals surface area contributed by atoms with Crippen LogP contribution in [0, 0.1) is 0 Å². The number of rotatable bonds is 6. The molecule has 4 heterocycles. The highest BCUT2D eigenvalue weighted by atomic mass is 16.3. The highest BCUT2D eigenvalue weighted by Crippen LogP contribution is 2.42. The molecule has 1 aliphatic carbocycles. The second-order valence-electron chi connectivity index (χ2n) is 12.7. The Hall–Kier alpha value is -3.10. The van der Waals surface area contributed by atoms with Crippen LogP contribution in [-0.2, 0) is 11.3 Å². The maximum atomic E-state index is 14.4. The molecule has 0 radical (unpaired) electrons. The lowest BCUT2D eigenvalue weighted by molar-refractivity contribution is -0.122. The molecule has 8 nitrogen and oxygen atoms in total. The third-order valence-electron chi connectivity index (χ3n) is 9.97. The van der Waals surface area contributed by atoms with Crippen LogP contribution < -0.4 is 11.1 Å². The third kappa shape index (κ3) is 5.88. The van der Waals surface area contributed by atoms with Crippen LogP contribution in [-0.4, -0.2) is 54.6 Å². The van der Waals surface area contributed by atoms with E-state index in [9.17, 15) is 19.5 Å². The van der Waals surface area contributed by atoms with Gasteiger partial charge in [-0.25, -0.2) is 4.98 Å². The molecule has 42 heavy (non-hydrogen) atoms. The fraction of sp³-hybridized carbons (Fsp3) is 0.588. The summed E-state index contributed by atoms with van der Waals surface area (Å²) in [6.45, 7) is -0.970. The van der Waals surface area contributed by atoms with E-state index in [0.717, 1.165) is 18.4 Å². The number of benzene rings is 1. The quantitative estimate of drug-likeness (QED) is 0.434. The van der Waals surface area contributed by atoms with Gasteiger partial charge in [0, 0.05) is 30.2 Å². The molecule has 0 amide bonds. The number of aliphatic hydroxyl groups excluding tert-OH is 1. The smallest absolute Gasteiger partial charge is 0.279 e. The zero-order chi connectivity index (χ0) is 29.1. The lowest BCUT2D eigenvalue weighted by Gasteiger charge is -2.53. The summed E-state index contributed by atoms with van der Waals surface area (Å²) in [5.41, 5.74) is 1.38. The molecule has 3 atom stereocenters. The van der Waals surface area contributed by atoms with Gasteiger partial charge in [0.2, 0.25) is 0 Å². The van der Waals surface area contributed by atoms with E-state index in [4.69, 9.17) is 4.98 Å². The largest absolute Gasteiger partial charge is 0.389 e. The first-order valence-electron chi connectivity index (χ1n) is 16.2. The van der Waals surface area contributed by atoms with Crippen LogP contribution in [0.3, 0.4) is 0 Å². The standard InChI is InChI=1S/C34H44N4O4/c39-23-28(40)22-36-31(18-11-19-32(36)41)33-34(42)38(30-17-9-8-16-29(30)35-33)27-20-25-14-10-15-26(21-27)37(25)24-12-6-4-2-1-3-5-7-13-24/h8-9,11,16-19,24-27,39H,1-7,10,12-15,20-23H2/t25-,26+,27?. The van der Waals surface area contributed by atoms with E-state index < -0.39 is 17.9 Å². The van der Waals surface area contributed by atoms with Crippen molar-refractivity contribution in [3.05, 3.63) is 63.2 Å². The molecule has 0 spiro atoms. The van der Waals surface area contributed by atoms with Crippen LogP contribution in [0.2, 0.25) is 0 Å². The van der Waals surface area contributed by atoms with E-state index in [1.807, 2.05) is 28.8 Å². The van der Waals surface area contributed by atoms with Gasteiger partial charge in [-0.1, -0.05) is 69.6 Å². The maximum absolute atomic E-state index is 14.4. The summed E-state index contributed by atoms with van der Waals surface area (Å²) in [5, 5.41) is 9.36. The second-order valence-corrected chi connectivity index (χ2v) is 12.7. The third-order valence-corrected chi connectivity index (χ3v) is 9.97. The molecular formula is C34H44N4O4. The number of ketones is 1. The second kappa shape index (κ2) is 13.0. The van der Waals surface area contributed by atoms with E-state index in [2.05, 4.69) is 4.90 Å². The minimum Gasteiger partial charge on any atom is -0.389 e. The minimum atomic E-state index is -0.668. The van der Waals surface area contributed by atoms with Gasteiger partial charge in [0.1, 0.15) is 6.61 Å². The molecule has 2 aliphatic heterocycles. The molecule has 1 aromatic carbocycles. The van der Waals surface area contributed by atoms with Crippen LogP contribution in [0.1, 0.15) is 95.9 Å². The van der Waals surface area contributed by atoms with Gasteiger partial charge in [-0.2, -0.15) is 0 Å². The first-order chi connectivity index (χ1) is 20.5. The number of nitrogens with zero attached hydrogens (tertiary/aromatic N) is 4. The Balaban J connectivity index is 1.38. The lowest BCUT2D eigenvalue weighted by atomic mass is 9.79. The summed E-state index contributed by atoms with van der Waals surface area (Å²) in [5.74, 6) is -0.494. The Morgan fingerprint density at radius 1 is 0.762 bits per heavy atom. The number of hydrogen-bond donors (Lipinski definition) is 1. The summed E-state index contributed by atoms with van der Waals surface area (Å²) >= 11 is 0. The van der Waals surface area contributed by atoms with Gasteiger partial charge < -0.3 is 9.67 Å². The van der Waals surface area contributed by atoms with E-state index in [1.54, 1.807) is 12.1 Å². The number of aromatic nitrogens is 3. The van der Waals surface area contributed by atoms with Crippen LogP contribution in [0.4, 0.5) is 0 Å². The van der Waals surface area contributed by atoms with Gasteiger partial charge >= 0.3 is 0 Å². The van der Waals surface area contributed by atoms with Crippen LogP contribution in [0.15, 0.2) is 52.1 Å². The van der Waals surface area contributed by atoms with Gasteiger partial charge in [-0.15, -0.1) is 0 Å². The average molecular weight is 573 g/mol. The number of hydrogen-bond acceptors (Lipinski definition) is 6. The van der Waals surface area contributed by atoms with Gasteiger partial charge in [0.05, 0.1) is 23.3 Å². The van der Waals surface area contributed by atoms with Gasteiger partial charge in [-0.3, -0.25) is 23.9 Å². The van der Waals surface area contributed by atoms with Crippen LogP contribution in [0.25, 0.3) is 22.4 Å². The van der Waals surface area contributed by atoms with Crippen LogP contribution in [0.5, 0.6) is 0 Å². The first kappa shape index (κ1) is 29.0. The van der Waals surface area contributed by atoms with Crippen molar-refractivity contribution in [1.29, 1.82) is 0 Å². The summed E-state index contributed by atoms with van der Waals surface area (Å²) < 4.78 is 3.21. The number of para-hydroxylation sites is 2. The molecule has 1 N–H and O–H groups in total. The number of fused-ring (bicyclic) bond motifs is 3. The Labute approximate surface area is 247 Å². The Morgan fingerprint density at radius 3 is 2.10 bits per heavy atom. The SMILES string of the molecule is O=C(CO)Cn1c(-c2nc3ccccc3n(C3C[C@H]4CCC[C@@H](C3)N4C3CCCCCCCCC3)c2=O)cccc1=O. The van der Waals surface area contributed by atoms with Crippen LogP contribution >= 0.6 is 0 Å². The number of pyridine rings is 1. The molecule has 6 rings (SSSR count). The normalized spacial score (nSPS) is 24.5. The Bertz CT molecular complexity index is 1500. The number of aliphatic hydroxyl groups is 1. The number of Topliss-reactive ketones (excluding diaryl/α,β-unsaturated/α-hetero) is 1. The number of piperidine rings is 2. The van der Waals surface area contributed by atoms with Gasteiger partial charge in [-0.05, 0) is 56.7 Å². The molecule has 2 aromatic heterocycles. The highest BCUT2D eigenvalue weighted by Gasteiger charge is 2.42. The molecule has 1 saturated carbocycles. The summed E-state index contributed by atoms with van der Waals surface area (Å²) in [7, 11) is 0. The topological polar surface area (TPSA) is 97.4 Å². The fourth-order valence-corrected chi connectivity index (χ4v) is 8.08. The average Bonchev–Trinajstić information content (AvgIpc) is 3.00. The van der Waals surface area contributed by atoms with Crippen molar-refractivity contribution in [2.45, 2.75) is 121 Å². The molecule has 2 saturated heterocycles. The molecule has 3 aromatic rings. The van der Waals surface area contributed by atoms with E-state index in [0.29, 0.717) is 29.3 Å². The van der Waals surface area contributed by atoms with Gasteiger partial charge in [0.15, 0.2) is 11.5 Å². The zero-order valence-corrected chi connectivity index (χ0v) is 24.6. The predicted molar refractivity (Wildman–Crippen MR) is 165 cm³/mol. The molecule has 1 unspecified atom stereocenters. The number of carbonyl (C=O) groups is 1. The predicted octanol–water partition coefficient (Wildman–Crippen LogP) is 5.24. The van der Waals surface area contributed by atoms with E-state index >= 15 is 0 Å². The van der Waals surface area contributed by atoms with Crippen molar-refractivity contribution < 1.29 is 9.90 Å². The van der Waals surface area contributed by atoms with Crippen molar-refractivity contribution in [2.75, 3.05) is 6.61 Å². The Kier molecular flexibility index (Phi) is 9.00. The summed E-state index contributed by atoms with van der Waals surface area (Å²) in [6.07, 6.45) is 17.5. The van der Waals surface area contributed by atoms with Crippen molar-refractivity contribution in [1.82, 2.24) is 19.0 Å². The number of carbonyl (C=O) groups excluding carboxylic acids is 1.